The quantitative estimate of drug-likeness (QED) is 0.816. The molecule has 0 atom stereocenters. The van der Waals surface area contributed by atoms with Gasteiger partial charge in [0.2, 0.25) is 0 Å². The predicted octanol–water partition coefficient (Wildman–Crippen LogP) is 4.23. The fraction of sp³-hybridized carbons (Fsp3) is 0.154. The molecule has 0 spiro atoms. The van der Waals surface area contributed by atoms with Crippen LogP contribution in [-0.2, 0) is 6.54 Å². The van der Waals surface area contributed by atoms with Gasteiger partial charge in [0.15, 0.2) is 0 Å². The molecule has 3 nitrogen and oxygen atoms in total. The SMILES string of the molecule is COc1ccc(CNc2cccnc2Br)c(Br)c1. The first kappa shape index (κ1) is 13.4. The number of nitrogens with one attached hydrogen (secondary N) is 1. The highest BCUT2D eigenvalue weighted by atomic mass is 79.9. The molecule has 1 heterocycles. The second-order valence-corrected chi connectivity index (χ2v) is 5.26. The van der Waals surface area contributed by atoms with Crippen molar-refractivity contribution in [3.63, 3.8) is 0 Å². The first-order valence-corrected chi connectivity index (χ1v) is 6.96. The molecule has 1 aromatic heterocycles. The van der Waals surface area contributed by atoms with E-state index in [1.165, 1.54) is 0 Å². The normalized spacial score (nSPS) is 10.2. The molecular weight excluding hydrogens is 360 g/mol. The maximum absolute atomic E-state index is 5.16. The van der Waals surface area contributed by atoms with Gasteiger partial charge in [-0.2, -0.15) is 0 Å². The number of nitrogens with zero attached hydrogens (tertiary/aromatic N) is 1. The molecule has 0 unspecified atom stereocenters. The Balaban J connectivity index is 2.09. The van der Waals surface area contributed by atoms with Gasteiger partial charge < -0.3 is 10.1 Å². The summed E-state index contributed by atoms with van der Waals surface area (Å²) in [6.07, 6.45) is 1.75. The third-order valence-corrected chi connectivity index (χ3v) is 3.86. The van der Waals surface area contributed by atoms with Crippen LogP contribution in [0.3, 0.4) is 0 Å². The molecule has 1 N–H and O–H groups in total. The molecule has 2 aromatic rings. The molecule has 2 rings (SSSR count). The number of hydrogen-bond acceptors (Lipinski definition) is 3. The highest BCUT2D eigenvalue weighted by Crippen LogP contribution is 2.25. The lowest BCUT2D eigenvalue weighted by Crippen LogP contribution is -2.01. The highest BCUT2D eigenvalue weighted by molar-refractivity contribution is 9.10. The zero-order valence-electron chi connectivity index (χ0n) is 9.78. The Kier molecular flexibility index (Phi) is 4.60. The number of rotatable bonds is 4. The maximum Gasteiger partial charge on any atom is 0.129 e. The molecule has 0 bridgehead atoms. The number of halogens is 2. The number of pyridine rings is 1. The molecule has 0 aliphatic carbocycles. The second-order valence-electron chi connectivity index (χ2n) is 3.65. The Morgan fingerprint density at radius 2 is 2.11 bits per heavy atom. The van der Waals surface area contributed by atoms with Crippen LogP contribution < -0.4 is 10.1 Å². The third kappa shape index (κ3) is 3.23. The number of aromatic nitrogens is 1. The zero-order valence-corrected chi connectivity index (χ0v) is 13.0. The Hall–Kier alpha value is -1.07. The summed E-state index contributed by atoms with van der Waals surface area (Å²) in [6.45, 7) is 0.717. The number of anilines is 1. The van der Waals surface area contributed by atoms with E-state index in [1.54, 1.807) is 13.3 Å². The van der Waals surface area contributed by atoms with Gasteiger partial charge in [0, 0.05) is 17.2 Å². The van der Waals surface area contributed by atoms with Gasteiger partial charge in [-0.3, -0.25) is 0 Å². The first-order chi connectivity index (χ1) is 8.70. The van der Waals surface area contributed by atoms with E-state index in [4.69, 9.17) is 4.74 Å². The van der Waals surface area contributed by atoms with Gasteiger partial charge in [0.05, 0.1) is 12.8 Å². The minimum Gasteiger partial charge on any atom is -0.497 e. The van der Waals surface area contributed by atoms with Gasteiger partial charge in [0.1, 0.15) is 10.4 Å². The largest absolute Gasteiger partial charge is 0.497 e. The van der Waals surface area contributed by atoms with Crippen molar-refractivity contribution in [2.75, 3.05) is 12.4 Å². The summed E-state index contributed by atoms with van der Waals surface area (Å²) >= 11 is 6.94. The average molecular weight is 372 g/mol. The van der Waals surface area contributed by atoms with Crippen molar-refractivity contribution in [3.05, 3.63) is 51.2 Å². The predicted molar refractivity (Wildman–Crippen MR) is 80.0 cm³/mol. The summed E-state index contributed by atoms with van der Waals surface area (Å²) in [5.74, 6) is 0.841. The van der Waals surface area contributed by atoms with E-state index in [0.29, 0.717) is 0 Å². The summed E-state index contributed by atoms with van der Waals surface area (Å²) < 4.78 is 7.00. The molecule has 0 aliphatic rings. The topological polar surface area (TPSA) is 34.1 Å². The summed E-state index contributed by atoms with van der Waals surface area (Å²) in [6, 6.07) is 9.81. The molecule has 5 heteroatoms. The van der Waals surface area contributed by atoms with Crippen molar-refractivity contribution in [2.24, 2.45) is 0 Å². The van der Waals surface area contributed by atoms with Crippen LogP contribution in [-0.4, -0.2) is 12.1 Å². The molecule has 0 fully saturated rings. The third-order valence-electron chi connectivity index (χ3n) is 2.49. The minimum absolute atomic E-state index is 0.717. The zero-order chi connectivity index (χ0) is 13.0. The Bertz CT molecular complexity index is 546. The van der Waals surface area contributed by atoms with Gasteiger partial charge in [-0.1, -0.05) is 22.0 Å². The Labute approximate surface area is 123 Å². The molecule has 0 amide bonds. The monoisotopic (exact) mass is 370 g/mol. The number of benzene rings is 1. The maximum atomic E-state index is 5.16. The van der Waals surface area contributed by atoms with Crippen LogP contribution in [0.4, 0.5) is 5.69 Å². The highest BCUT2D eigenvalue weighted by Gasteiger charge is 2.03. The summed E-state index contributed by atoms with van der Waals surface area (Å²) in [5, 5.41) is 3.33. The van der Waals surface area contributed by atoms with E-state index < -0.39 is 0 Å². The lowest BCUT2D eigenvalue weighted by Gasteiger charge is -2.10. The molecule has 18 heavy (non-hydrogen) atoms. The van der Waals surface area contributed by atoms with Gasteiger partial charge in [0.25, 0.3) is 0 Å². The van der Waals surface area contributed by atoms with Gasteiger partial charge in [-0.15, -0.1) is 0 Å². The van der Waals surface area contributed by atoms with Crippen molar-refractivity contribution in [2.45, 2.75) is 6.54 Å². The van der Waals surface area contributed by atoms with E-state index in [9.17, 15) is 0 Å². The number of hydrogen-bond donors (Lipinski definition) is 1. The van der Waals surface area contributed by atoms with Crippen LogP contribution in [0.5, 0.6) is 5.75 Å². The van der Waals surface area contributed by atoms with Crippen LogP contribution >= 0.6 is 31.9 Å². The lowest BCUT2D eigenvalue weighted by molar-refractivity contribution is 0.414. The van der Waals surface area contributed by atoms with Crippen LogP contribution in [0, 0.1) is 0 Å². The van der Waals surface area contributed by atoms with Crippen LogP contribution in [0.2, 0.25) is 0 Å². The van der Waals surface area contributed by atoms with E-state index in [2.05, 4.69) is 42.2 Å². The Morgan fingerprint density at radius 1 is 1.28 bits per heavy atom. The fourth-order valence-corrected chi connectivity index (χ4v) is 2.40. The molecule has 1 aromatic carbocycles. The second kappa shape index (κ2) is 6.20. The molecule has 0 saturated carbocycles. The van der Waals surface area contributed by atoms with Crippen molar-refractivity contribution in [1.29, 1.82) is 0 Å². The molecular formula is C13H12Br2N2O. The summed E-state index contributed by atoms with van der Waals surface area (Å²) in [5.41, 5.74) is 2.13. The standard InChI is InChI=1S/C13H12Br2N2O/c1-18-10-5-4-9(11(14)7-10)8-17-12-3-2-6-16-13(12)15/h2-7,17H,8H2,1H3. The number of ether oxygens (including phenoxy) is 1. The average Bonchev–Trinajstić information content (AvgIpc) is 2.39. The van der Waals surface area contributed by atoms with Gasteiger partial charge >= 0.3 is 0 Å². The van der Waals surface area contributed by atoms with Gasteiger partial charge in [-0.05, 0) is 45.8 Å². The van der Waals surface area contributed by atoms with Crippen LogP contribution in [0.25, 0.3) is 0 Å². The fourth-order valence-electron chi connectivity index (χ4n) is 1.51. The minimum atomic E-state index is 0.717. The van der Waals surface area contributed by atoms with E-state index in [1.807, 2.05) is 30.3 Å². The van der Waals surface area contributed by atoms with Gasteiger partial charge in [-0.25, -0.2) is 4.98 Å². The molecule has 94 valence electrons. The van der Waals surface area contributed by atoms with Crippen molar-refractivity contribution >= 4 is 37.5 Å². The van der Waals surface area contributed by atoms with E-state index >= 15 is 0 Å². The number of methoxy groups -OCH3 is 1. The van der Waals surface area contributed by atoms with Crippen LogP contribution in [0.1, 0.15) is 5.56 Å². The van der Waals surface area contributed by atoms with Crippen molar-refractivity contribution in [1.82, 2.24) is 4.98 Å². The lowest BCUT2D eigenvalue weighted by atomic mass is 10.2. The molecule has 0 aliphatic heterocycles. The smallest absolute Gasteiger partial charge is 0.129 e. The van der Waals surface area contributed by atoms with Crippen molar-refractivity contribution < 1.29 is 4.74 Å². The van der Waals surface area contributed by atoms with Crippen molar-refractivity contribution in [3.8, 4) is 5.75 Å². The van der Waals surface area contributed by atoms with E-state index in [-0.39, 0.29) is 0 Å². The molecule has 0 saturated heterocycles. The van der Waals surface area contributed by atoms with Crippen LogP contribution in [0.15, 0.2) is 45.6 Å². The van der Waals surface area contributed by atoms with E-state index in [0.717, 1.165) is 32.6 Å². The summed E-state index contributed by atoms with van der Waals surface area (Å²) in [7, 11) is 1.66. The first-order valence-electron chi connectivity index (χ1n) is 5.37. The Morgan fingerprint density at radius 3 is 2.78 bits per heavy atom. The summed E-state index contributed by atoms with van der Waals surface area (Å²) in [4.78, 5) is 4.16. The molecule has 0 radical (unpaired) electrons.